The van der Waals surface area contributed by atoms with Gasteiger partial charge >= 0.3 is 0 Å². The Morgan fingerprint density at radius 1 is 1.19 bits per heavy atom. The van der Waals surface area contributed by atoms with Crippen LogP contribution in [-0.4, -0.2) is 51.3 Å². The quantitative estimate of drug-likeness (QED) is 0.511. The third-order valence-electron chi connectivity index (χ3n) is 7.07. The highest BCUT2D eigenvalue weighted by atomic mass is 35.5. The summed E-state index contributed by atoms with van der Waals surface area (Å²) >= 11 is 6.53. The van der Waals surface area contributed by atoms with Crippen molar-refractivity contribution in [3.63, 3.8) is 0 Å². The van der Waals surface area contributed by atoms with Crippen molar-refractivity contribution < 1.29 is 28.9 Å². The molecule has 3 heterocycles. The van der Waals surface area contributed by atoms with Gasteiger partial charge < -0.3 is 24.6 Å². The molecule has 2 aromatic carbocycles. The number of aromatic hydroxyl groups is 1. The molecule has 6 rings (SSSR count). The maximum Gasteiger partial charge on any atom is 0.236 e. The maximum absolute atomic E-state index is 14.5. The summed E-state index contributed by atoms with van der Waals surface area (Å²) in [6.45, 7) is 1.79. The summed E-state index contributed by atoms with van der Waals surface area (Å²) < 4.78 is 18.6. The second-order valence-corrected chi connectivity index (χ2v) is 9.32. The third kappa shape index (κ3) is 2.78. The number of ether oxygens (including phenoxy) is 3. The molecule has 36 heavy (non-hydrogen) atoms. The number of nitrogens with zero attached hydrogens (tertiary/aromatic N) is 3. The first-order valence-electron chi connectivity index (χ1n) is 11.2. The molecule has 10 nitrogen and oxygen atoms in total. The minimum absolute atomic E-state index is 0.0328. The number of phenols is 1. The monoisotopic (exact) mass is 508 g/mol. The molecule has 184 valence electrons. The van der Waals surface area contributed by atoms with Crippen LogP contribution in [0.3, 0.4) is 0 Å². The van der Waals surface area contributed by atoms with Crippen LogP contribution >= 0.6 is 11.6 Å². The minimum atomic E-state index is -1.86. The number of halogens is 1. The minimum Gasteiger partial charge on any atom is -0.508 e. The van der Waals surface area contributed by atoms with E-state index in [-0.39, 0.29) is 33.6 Å². The number of rotatable bonds is 3. The van der Waals surface area contributed by atoms with Gasteiger partial charge in [0, 0.05) is 23.3 Å². The van der Waals surface area contributed by atoms with Crippen molar-refractivity contribution in [1.29, 1.82) is 0 Å². The third-order valence-corrected chi connectivity index (χ3v) is 7.43. The van der Waals surface area contributed by atoms with E-state index in [1.807, 2.05) is 0 Å². The number of ketones is 2. The molecule has 1 aromatic heterocycles. The molecule has 1 spiro atoms. The van der Waals surface area contributed by atoms with Crippen LogP contribution in [0.5, 0.6) is 23.0 Å². The highest BCUT2D eigenvalue weighted by Crippen LogP contribution is 2.55. The van der Waals surface area contributed by atoms with E-state index in [9.17, 15) is 14.7 Å². The van der Waals surface area contributed by atoms with Crippen molar-refractivity contribution in [2.75, 3.05) is 19.5 Å². The molecule has 0 saturated heterocycles. The standard InChI is InChI=1S/C25H21ClN4O6/c1-11-7-14-17(20(12-5-4-6-13(31)8-12)30-24(29-14)27-10-28-30)22(32)25(11)23(33)18-15(34-2)9-16(35-3)19(26)21(18)36-25/h4-6,8-11,20,31H,7H2,1-3H3,(H,27,28,29). The predicted molar refractivity (Wildman–Crippen MR) is 128 cm³/mol. The number of anilines is 1. The molecule has 3 atom stereocenters. The van der Waals surface area contributed by atoms with Gasteiger partial charge in [-0.2, -0.15) is 10.1 Å². The van der Waals surface area contributed by atoms with Crippen LogP contribution in [0.25, 0.3) is 0 Å². The smallest absolute Gasteiger partial charge is 0.236 e. The lowest BCUT2D eigenvalue weighted by atomic mass is 9.69. The van der Waals surface area contributed by atoms with Crippen LogP contribution in [0.2, 0.25) is 5.02 Å². The van der Waals surface area contributed by atoms with E-state index in [4.69, 9.17) is 25.8 Å². The Bertz CT molecular complexity index is 1500. The molecule has 0 bridgehead atoms. The van der Waals surface area contributed by atoms with Crippen LogP contribution in [0.4, 0.5) is 5.95 Å². The molecule has 3 aliphatic rings. The van der Waals surface area contributed by atoms with Crippen molar-refractivity contribution in [2.45, 2.75) is 25.0 Å². The molecule has 0 radical (unpaired) electrons. The van der Waals surface area contributed by atoms with E-state index in [1.54, 1.807) is 29.8 Å². The Morgan fingerprint density at radius 3 is 2.69 bits per heavy atom. The molecule has 0 amide bonds. The maximum atomic E-state index is 14.5. The lowest BCUT2D eigenvalue weighted by Crippen LogP contribution is -2.58. The lowest BCUT2D eigenvalue weighted by Gasteiger charge is -2.41. The molecule has 1 aliphatic carbocycles. The number of fused-ring (bicyclic) bond motifs is 2. The number of Topliss-reactive ketones (excluding diaryl/α,β-unsaturated/α-hetero) is 2. The van der Waals surface area contributed by atoms with E-state index in [2.05, 4.69) is 15.4 Å². The fourth-order valence-electron chi connectivity index (χ4n) is 5.39. The Hall–Kier alpha value is -4.05. The number of hydrogen-bond donors (Lipinski definition) is 2. The molecular formula is C25H21ClN4O6. The highest BCUT2D eigenvalue weighted by Gasteiger charge is 2.63. The SMILES string of the molecule is COc1cc(OC)c2c(c1Cl)OC1(C(=O)C3=C(CC1C)Nc1ncnn1C3c1cccc(O)c1)C2=O. The largest absolute Gasteiger partial charge is 0.508 e. The molecule has 3 aromatic rings. The second-order valence-electron chi connectivity index (χ2n) is 8.94. The van der Waals surface area contributed by atoms with Crippen molar-refractivity contribution in [2.24, 2.45) is 5.92 Å². The van der Waals surface area contributed by atoms with Gasteiger partial charge in [-0.1, -0.05) is 30.7 Å². The number of carbonyl (C=O) groups is 2. The lowest BCUT2D eigenvalue weighted by molar-refractivity contribution is -0.130. The van der Waals surface area contributed by atoms with Gasteiger partial charge in [0.05, 0.1) is 14.2 Å². The highest BCUT2D eigenvalue weighted by molar-refractivity contribution is 6.36. The van der Waals surface area contributed by atoms with Crippen LogP contribution < -0.4 is 19.5 Å². The van der Waals surface area contributed by atoms with Crippen molar-refractivity contribution in [1.82, 2.24) is 14.8 Å². The first kappa shape index (κ1) is 22.4. The van der Waals surface area contributed by atoms with Gasteiger partial charge in [-0.3, -0.25) is 9.59 Å². The molecular weight excluding hydrogens is 488 g/mol. The van der Waals surface area contributed by atoms with E-state index in [1.165, 1.54) is 32.7 Å². The number of aromatic nitrogens is 3. The number of allylic oxidation sites excluding steroid dienone is 1. The van der Waals surface area contributed by atoms with E-state index in [0.29, 0.717) is 29.2 Å². The molecule has 3 unspecified atom stereocenters. The zero-order chi connectivity index (χ0) is 25.4. The zero-order valence-corrected chi connectivity index (χ0v) is 20.3. The van der Waals surface area contributed by atoms with Crippen LogP contribution in [-0.2, 0) is 4.79 Å². The topological polar surface area (TPSA) is 125 Å². The van der Waals surface area contributed by atoms with E-state index >= 15 is 0 Å². The van der Waals surface area contributed by atoms with Gasteiger partial charge in [-0.25, -0.2) is 4.68 Å². The fraction of sp³-hybridized carbons (Fsp3) is 0.280. The van der Waals surface area contributed by atoms with E-state index in [0.717, 1.165) is 0 Å². The van der Waals surface area contributed by atoms with Crippen LogP contribution in [0, 0.1) is 5.92 Å². The normalized spacial score (nSPS) is 24.1. The molecule has 0 saturated carbocycles. The number of carbonyl (C=O) groups excluding carboxylic acids is 2. The van der Waals surface area contributed by atoms with E-state index < -0.39 is 29.1 Å². The predicted octanol–water partition coefficient (Wildman–Crippen LogP) is 3.55. The van der Waals surface area contributed by atoms with Gasteiger partial charge in [0.25, 0.3) is 0 Å². The Morgan fingerprint density at radius 2 is 1.97 bits per heavy atom. The number of hydrogen-bond acceptors (Lipinski definition) is 9. The summed E-state index contributed by atoms with van der Waals surface area (Å²) in [6.07, 6.45) is 1.70. The summed E-state index contributed by atoms with van der Waals surface area (Å²) in [5.41, 5.74) is -0.227. The second kappa shape index (κ2) is 7.72. The zero-order valence-electron chi connectivity index (χ0n) is 19.5. The summed E-state index contributed by atoms with van der Waals surface area (Å²) in [4.78, 5) is 32.8. The summed E-state index contributed by atoms with van der Waals surface area (Å²) in [5, 5.41) is 17.8. The summed E-state index contributed by atoms with van der Waals surface area (Å²) in [5.74, 6) is -0.586. The van der Waals surface area contributed by atoms with Gasteiger partial charge in [-0.15, -0.1) is 0 Å². The number of phenolic OH excluding ortho intramolecular Hbond substituents is 1. The van der Waals surface area contributed by atoms with Crippen molar-refractivity contribution >= 4 is 29.1 Å². The first-order valence-corrected chi connectivity index (χ1v) is 11.6. The Labute approximate surface area is 210 Å². The molecule has 0 fully saturated rings. The van der Waals surface area contributed by atoms with Crippen molar-refractivity contribution in [3.8, 4) is 23.0 Å². The first-order chi connectivity index (χ1) is 17.3. The van der Waals surface area contributed by atoms with Crippen molar-refractivity contribution in [3.05, 3.63) is 64.1 Å². The summed E-state index contributed by atoms with van der Waals surface area (Å²) in [6, 6.07) is 7.32. The Kier molecular flexibility index (Phi) is 4.81. The Balaban J connectivity index is 1.55. The molecule has 2 aliphatic heterocycles. The average Bonchev–Trinajstić information content (AvgIpc) is 3.45. The average molecular weight is 509 g/mol. The number of nitrogens with one attached hydrogen (secondary N) is 1. The summed E-state index contributed by atoms with van der Waals surface area (Å²) in [7, 11) is 2.86. The van der Waals surface area contributed by atoms with Gasteiger partial charge in [0.15, 0.2) is 5.75 Å². The van der Waals surface area contributed by atoms with Crippen LogP contribution in [0.15, 0.2) is 47.9 Å². The van der Waals surface area contributed by atoms with Crippen LogP contribution in [0.1, 0.15) is 35.3 Å². The number of benzene rings is 2. The van der Waals surface area contributed by atoms with Gasteiger partial charge in [0.2, 0.25) is 23.1 Å². The fourth-order valence-corrected chi connectivity index (χ4v) is 5.66. The molecule has 2 N–H and O–H groups in total. The van der Waals surface area contributed by atoms with Gasteiger partial charge in [-0.05, 0) is 24.1 Å². The van der Waals surface area contributed by atoms with Gasteiger partial charge in [0.1, 0.15) is 40.2 Å². The number of methoxy groups -OCH3 is 2. The molecule has 11 heteroatoms.